The number of hydrogen-bond donors (Lipinski definition) is 1. The third-order valence-electron chi connectivity index (χ3n) is 6.01. The van der Waals surface area contributed by atoms with E-state index >= 15 is 0 Å². The van der Waals surface area contributed by atoms with Crippen LogP contribution in [-0.4, -0.2) is 35.3 Å². The van der Waals surface area contributed by atoms with E-state index in [4.69, 9.17) is 0 Å². The zero-order valence-electron chi connectivity index (χ0n) is 13.4. The molecule has 0 spiro atoms. The molecular formula is C17H28N2O2. The smallest absolute Gasteiger partial charge is 0.245 e. The van der Waals surface area contributed by atoms with E-state index in [0.717, 1.165) is 24.7 Å². The van der Waals surface area contributed by atoms with Crippen molar-refractivity contribution in [2.75, 3.05) is 13.1 Å². The molecule has 3 aliphatic rings. The number of piperazine rings is 1. The molecule has 0 aromatic carbocycles. The van der Waals surface area contributed by atoms with Gasteiger partial charge in [-0.1, -0.05) is 25.7 Å². The summed E-state index contributed by atoms with van der Waals surface area (Å²) in [5, 5.41) is 2.87. The average Bonchev–Trinajstić information content (AvgIpc) is 2.49. The van der Waals surface area contributed by atoms with Gasteiger partial charge < -0.3 is 10.2 Å². The van der Waals surface area contributed by atoms with E-state index in [-0.39, 0.29) is 17.7 Å². The van der Waals surface area contributed by atoms with Gasteiger partial charge >= 0.3 is 0 Å². The molecular weight excluding hydrogens is 264 g/mol. The highest BCUT2D eigenvalue weighted by atomic mass is 16.2. The zero-order chi connectivity index (χ0) is 15.0. The second kappa shape index (κ2) is 5.62. The van der Waals surface area contributed by atoms with Gasteiger partial charge in [0.2, 0.25) is 11.8 Å². The van der Waals surface area contributed by atoms with Crippen LogP contribution in [0.4, 0.5) is 0 Å². The molecule has 0 radical (unpaired) electrons. The van der Waals surface area contributed by atoms with E-state index in [1.54, 1.807) is 0 Å². The fourth-order valence-electron chi connectivity index (χ4n) is 4.60. The number of nitrogens with one attached hydrogen (secondary N) is 1. The number of rotatable bonds is 1. The minimum Gasteiger partial charge on any atom is -0.352 e. The number of amides is 2. The standard InChI is InChI=1S/C17H28N2O2/c1-17(2)16(21)18-9-10-19(17)15(20)14-8-7-12-5-3-4-6-13(12)11-14/h12-14H,3-11H2,1-2H3,(H,18,21). The number of carbonyl (C=O) groups excluding carboxylic acids is 2. The van der Waals surface area contributed by atoms with Gasteiger partial charge in [0.25, 0.3) is 0 Å². The number of carbonyl (C=O) groups is 2. The van der Waals surface area contributed by atoms with E-state index in [9.17, 15) is 9.59 Å². The zero-order valence-corrected chi connectivity index (χ0v) is 13.4. The van der Waals surface area contributed by atoms with Crippen molar-refractivity contribution < 1.29 is 9.59 Å². The van der Waals surface area contributed by atoms with Crippen LogP contribution in [0, 0.1) is 17.8 Å². The molecule has 2 aliphatic carbocycles. The number of fused-ring (bicyclic) bond motifs is 1. The van der Waals surface area contributed by atoms with Crippen LogP contribution in [0.15, 0.2) is 0 Å². The molecule has 1 N–H and O–H groups in total. The van der Waals surface area contributed by atoms with Crippen molar-refractivity contribution in [1.29, 1.82) is 0 Å². The van der Waals surface area contributed by atoms with Crippen molar-refractivity contribution >= 4 is 11.8 Å². The van der Waals surface area contributed by atoms with Gasteiger partial charge in [-0.25, -0.2) is 0 Å². The molecule has 4 nitrogen and oxygen atoms in total. The molecule has 3 atom stereocenters. The van der Waals surface area contributed by atoms with Crippen LogP contribution in [-0.2, 0) is 9.59 Å². The normalized spacial score (nSPS) is 35.8. The van der Waals surface area contributed by atoms with Gasteiger partial charge in [0.05, 0.1) is 0 Å². The molecule has 4 heteroatoms. The Bertz CT molecular complexity index is 433. The summed E-state index contributed by atoms with van der Waals surface area (Å²) in [6.07, 6.45) is 8.66. The summed E-state index contributed by atoms with van der Waals surface area (Å²) in [4.78, 5) is 26.8. The first-order valence-corrected chi connectivity index (χ1v) is 8.60. The Morgan fingerprint density at radius 2 is 1.86 bits per heavy atom. The lowest BCUT2D eigenvalue weighted by molar-refractivity contribution is -0.153. The van der Waals surface area contributed by atoms with Gasteiger partial charge in [-0.3, -0.25) is 9.59 Å². The number of hydrogen-bond acceptors (Lipinski definition) is 2. The van der Waals surface area contributed by atoms with Crippen molar-refractivity contribution in [2.24, 2.45) is 17.8 Å². The van der Waals surface area contributed by atoms with Crippen LogP contribution in [0.1, 0.15) is 58.8 Å². The molecule has 0 bridgehead atoms. The quantitative estimate of drug-likeness (QED) is 0.806. The van der Waals surface area contributed by atoms with E-state index < -0.39 is 5.54 Å². The van der Waals surface area contributed by atoms with Crippen LogP contribution in [0.2, 0.25) is 0 Å². The Kier molecular flexibility index (Phi) is 3.98. The largest absolute Gasteiger partial charge is 0.352 e. The summed E-state index contributed by atoms with van der Waals surface area (Å²) in [6.45, 7) is 4.98. The summed E-state index contributed by atoms with van der Waals surface area (Å²) >= 11 is 0. The van der Waals surface area contributed by atoms with Crippen LogP contribution < -0.4 is 5.32 Å². The summed E-state index contributed by atoms with van der Waals surface area (Å²) in [5.74, 6) is 1.96. The van der Waals surface area contributed by atoms with Crippen molar-refractivity contribution in [3.05, 3.63) is 0 Å². The van der Waals surface area contributed by atoms with Crippen LogP contribution >= 0.6 is 0 Å². The minimum atomic E-state index is -0.696. The lowest BCUT2D eigenvalue weighted by Crippen LogP contribution is -2.64. The van der Waals surface area contributed by atoms with Gasteiger partial charge in [-0.2, -0.15) is 0 Å². The fraction of sp³-hybridized carbons (Fsp3) is 0.882. The average molecular weight is 292 g/mol. The second-order valence-corrected chi connectivity index (χ2v) is 7.62. The summed E-state index contributed by atoms with van der Waals surface area (Å²) < 4.78 is 0. The molecule has 3 rings (SSSR count). The SMILES string of the molecule is CC1(C)C(=O)NCCN1C(=O)C1CCC2CCCCC2C1. The topological polar surface area (TPSA) is 49.4 Å². The molecule has 2 amide bonds. The van der Waals surface area contributed by atoms with Crippen molar-refractivity contribution in [3.8, 4) is 0 Å². The first-order chi connectivity index (χ1) is 10.00. The van der Waals surface area contributed by atoms with Crippen molar-refractivity contribution in [2.45, 2.75) is 64.3 Å². The molecule has 3 fully saturated rings. The maximum atomic E-state index is 12.9. The molecule has 3 unspecified atom stereocenters. The molecule has 0 aromatic rings. The fourth-order valence-corrected chi connectivity index (χ4v) is 4.60. The number of nitrogens with zero attached hydrogens (tertiary/aromatic N) is 1. The highest BCUT2D eigenvalue weighted by Gasteiger charge is 2.44. The highest BCUT2D eigenvalue weighted by molar-refractivity contribution is 5.92. The van der Waals surface area contributed by atoms with E-state index in [2.05, 4.69) is 5.32 Å². The Hall–Kier alpha value is -1.06. The molecule has 1 aliphatic heterocycles. The lowest BCUT2D eigenvalue weighted by atomic mass is 9.67. The Morgan fingerprint density at radius 1 is 1.14 bits per heavy atom. The van der Waals surface area contributed by atoms with E-state index in [0.29, 0.717) is 13.1 Å². The lowest BCUT2D eigenvalue weighted by Gasteiger charge is -2.45. The first-order valence-electron chi connectivity index (χ1n) is 8.60. The van der Waals surface area contributed by atoms with Gasteiger partial charge in [0.1, 0.15) is 5.54 Å². The maximum Gasteiger partial charge on any atom is 0.245 e. The van der Waals surface area contributed by atoms with Gasteiger partial charge in [0.15, 0.2) is 0 Å². The molecule has 118 valence electrons. The monoisotopic (exact) mass is 292 g/mol. The van der Waals surface area contributed by atoms with Gasteiger partial charge in [-0.05, 0) is 44.9 Å². The molecule has 1 saturated heterocycles. The van der Waals surface area contributed by atoms with Crippen molar-refractivity contribution in [1.82, 2.24) is 10.2 Å². The summed E-state index contributed by atoms with van der Waals surface area (Å²) in [6, 6.07) is 0. The Morgan fingerprint density at radius 3 is 2.62 bits per heavy atom. The predicted molar refractivity (Wildman–Crippen MR) is 81.6 cm³/mol. The predicted octanol–water partition coefficient (Wildman–Crippen LogP) is 2.33. The third kappa shape index (κ3) is 2.69. The van der Waals surface area contributed by atoms with Crippen LogP contribution in [0.25, 0.3) is 0 Å². The van der Waals surface area contributed by atoms with Crippen LogP contribution in [0.5, 0.6) is 0 Å². The molecule has 1 heterocycles. The van der Waals surface area contributed by atoms with Crippen molar-refractivity contribution in [3.63, 3.8) is 0 Å². The minimum absolute atomic E-state index is 0.0200. The second-order valence-electron chi connectivity index (χ2n) is 7.62. The molecule has 2 saturated carbocycles. The summed E-state index contributed by atoms with van der Waals surface area (Å²) in [7, 11) is 0. The van der Waals surface area contributed by atoms with Gasteiger partial charge in [0, 0.05) is 19.0 Å². The summed E-state index contributed by atoms with van der Waals surface area (Å²) in [5.41, 5.74) is -0.696. The van der Waals surface area contributed by atoms with Gasteiger partial charge in [-0.15, -0.1) is 0 Å². The highest BCUT2D eigenvalue weighted by Crippen LogP contribution is 2.43. The van der Waals surface area contributed by atoms with E-state index in [1.165, 1.54) is 32.1 Å². The maximum absolute atomic E-state index is 12.9. The third-order valence-corrected chi connectivity index (χ3v) is 6.01. The molecule has 0 aromatic heterocycles. The Labute approximate surface area is 127 Å². The Balaban J connectivity index is 1.69. The van der Waals surface area contributed by atoms with E-state index in [1.807, 2.05) is 18.7 Å². The molecule has 21 heavy (non-hydrogen) atoms. The first kappa shape index (κ1) is 14.9. The van der Waals surface area contributed by atoms with Crippen LogP contribution in [0.3, 0.4) is 0 Å².